The molecule has 0 aromatic heterocycles. The van der Waals surface area contributed by atoms with Crippen molar-refractivity contribution in [2.45, 2.75) is 55.4 Å². The molecular weight excluding hydrogens is 569 g/mol. The maximum Gasteiger partial charge on any atom is 0.493 e. The Hall–Kier alpha value is -3.51. The van der Waals surface area contributed by atoms with Gasteiger partial charge in [0.2, 0.25) is 5.91 Å². The van der Waals surface area contributed by atoms with Crippen LogP contribution in [-0.2, 0) is 25.6 Å². The number of para-hydroxylation sites is 1. The molecule has 0 bridgehead atoms. The van der Waals surface area contributed by atoms with E-state index in [0.717, 1.165) is 37.2 Å². The minimum absolute atomic E-state index is 0.0704. The van der Waals surface area contributed by atoms with Crippen LogP contribution in [0.15, 0.2) is 71.9 Å². The van der Waals surface area contributed by atoms with Crippen molar-refractivity contribution >= 4 is 35.2 Å². The predicted octanol–water partition coefficient (Wildman–Crippen LogP) is 4.63. The Balaban J connectivity index is 1.34. The number of nitrogens with zero attached hydrogens (tertiary/aromatic N) is 3. The largest absolute Gasteiger partial charge is 0.493 e. The number of benzene rings is 2. The van der Waals surface area contributed by atoms with Gasteiger partial charge in [0.25, 0.3) is 5.91 Å². The number of nitrogens with one attached hydrogen (secondary N) is 1. The van der Waals surface area contributed by atoms with E-state index in [-0.39, 0.29) is 48.5 Å². The van der Waals surface area contributed by atoms with E-state index in [0.29, 0.717) is 12.2 Å². The number of aryl methyl sites for hydroxylation is 1. The summed E-state index contributed by atoms with van der Waals surface area (Å²) in [5.41, 5.74) is 1.01. The van der Waals surface area contributed by atoms with E-state index < -0.39 is 23.6 Å². The van der Waals surface area contributed by atoms with Gasteiger partial charge >= 0.3 is 12.1 Å². The minimum atomic E-state index is -5.21. The molecule has 0 spiro atoms. The third-order valence-corrected chi connectivity index (χ3v) is 9.09. The van der Waals surface area contributed by atoms with Gasteiger partial charge in [0.15, 0.2) is 5.50 Å². The van der Waals surface area contributed by atoms with E-state index >= 15 is 0 Å². The van der Waals surface area contributed by atoms with Crippen LogP contribution >= 0.6 is 11.8 Å². The van der Waals surface area contributed by atoms with Crippen molar-refractivity contribution in [2.75, 3.05) is 31.1 Å². The molecule has 8 nitrogen and oxygen atoms in total. The van der Waals surface area contributed by atoms with E-state index in [4.69, 9.17) is 4.84 Å². The summed E-state index contributed by atoms with van der Waals surface area (Å²) in [5, 5.41) is 4.23. The van der Waals surface area contributed by atoms with Crippen molar-refractivity contribution in [2.24, 2.45) is 0 Å². The Morgan fingerprint density at radius 1 is 1.02 bits per heavy atom. The molecule has 5 rings (SSSR count). The van der Waals surface area contributed by atoms with Crippen LogP contribution in [0.1, 0.15) is 37.7 Å². The molecule has 2 aliphatic heterocycles. The summed E-state index contributed by atoms with van der Waals surface area (Å²) in [6.07, 6.45) is -0.728. The van der Waals surface area contributed by atoms with Crippen LogP contribution in [0, 0.1) is 0 Å². The molecule has 1 atom stereocenters. The van der Waals surface area contributed by atoms with Crippen LogP contribution < -0.4 is 10.2 Å². The summed E-state index contributed by atoms with van der Waals surface area (Å²) in [5.74, 6) is -2.99. The molecule has 1 saturated carbocycles. The highest BCUT2D eigenvalue weighted by atomic mass is 32.2. The fraction of sp³-hybridized carbons (Fsp3) is 0.433. The topological polar surface area (TPSA) is 82.2 Å². The van der Waals surface area contributed by atoms with Crippen molar-refractivity contribution < 1.29 is 32.4 Å². The van der Waals surface area contributed by atoms with E-state index in [1.165, 1.54) is 27.1 Å². The molecule has 0 radical (unpaired) electrons. The fourth-order valence-electron chi connectivity index (χ4n) is 5.12. The van der Waals surface area contributed by atoms with Crippen molar-refractivity contribution in [3.05, 3.63) is 77.5 Å². The average Bonchev–Trinajstić information content (AvgIpc) is 2.96. The van der Waals surface area contributed by atoms with Crippen molar-refractivity contribution in [1.82, 2.24) is 15.3 Å². The SMILES string of the molecule is O=C(CNCCCc1ccccc1)N1CCC2=C(C1)C(=O)N(c1ccccc1)C(SC1CCC1)N2OC(=O)C(F)(F)F. The van der Waals surface area contributed by atoms with Gasteiger partial charge in [0.05, 0.1) is 24.4 Å². The fourth-order valence-corrected chi connectivity index (χ4v) is 6.69. The molecule has 3 aliphatic rings. The van der Waals surface area contributed by atoms with Gasteiger partial charge in [-0.25, -0.2) is 4.79 Å². The Morgan fingerprint density at radius 3 is 2.36 bits per heavy atom. The van der Waals surface area contributed by atoms with E-state index in [1.807, 2.05) is 18.2 Å². The first-order chi connectivity index (χ1) is 20.2. The number of thioether (sulfide) groups is 1. The summed E-state index contributed by atoms with van der Waals surface area (Å²) in [7, 11) is 0. The summed E-state index contributed by atoms with van der Waals surface area (Å²) < 4.78 is 40.1. The number of amides is 2. The molecule has 2 heterocycles. The van der Waals surface area contributed by atoms with Gasteiger partial charge in [-0.2, -0.15) is 18.2 Å². The van der Waals surface area contributed by atoms with Gasteiger partial charge in [0, 0.05) is 23.9 Å². The van der Waals surface area contributed by atoms with Gasteiger partial charge in [0.1, 0.15) is 0 Å². The van der Waals surface area contributed by atoms with E-state index in [1.54, 1.807) is 30.3 Å². The molecule has 1 unspecified atom stereocenters. The van der Waals surface area contributed by atoms with Crippen molar-refractivity contribution in [3.63, 3.8) is 0 Å². The molecule has 1 aliphatic carbocycles. The van der Waals surface area contributed by atoms with E-state index in [2.05, 4.69) is 17.4 Å². The Bertz CT molecular complexity index is 1300. The van der Waals surface area contributed by atoms with Gasteiger partial charge in [-0.05, 0) is 49.9 Å². The van der Waals surface area contributed by atoms with Crippen molar-refractivity contribution in [1.29, 1.82) is 0 Å². The lowest BCUT2D eigenvalue weighted by atomic mass is 10.00. The van der Waals surface area contributed by atoms with E-state index in [9.17, 15) is 27.6 Å². The van der Waals surface area contributed by atoms with Crippen LogP contribution in [0.2, 0.25) is 0 Å². The lowest BCUT2D eigenvalue weighted by Gasteiger charge is -2.48. The molecule has 2 aromatic rings. The molecule has 12 heteroatoms. The summed E-state index contributed by atoms with van der Waals surface area (Å²) in [6.45, 7) is 0.789. The van der Waals surface area contributed by atoms with Crippen molar-refractivity contribution in [3.8, 4) is 0 Å². The second-order valence-electron chi connectivity index (χ2n) is 10.5. The number of rotatable bonds is 10. The Kier molecular flexibility index (Phi) is 9.42. The van der Waals surface area contributed by atoms with Crippen LogP contribution in [0.25, 0.3) is 0 Å². The van der Waals surface area contributed by atoms with Gasteiger partial charge < -0.3 is 15.1 Å². The van der Waals surface area contributed by atoms with Crippen LogP contribution in [0.4, 0.5) is 18.9 Å². The maximum atomic E-state index is 14.0. The number of halogens is 3. The molecule has 2 aromatic carbocycles. The second kappa shape index (κ2) is 13.2. The number of hydroxylamine groups is 2. The highest BCUT2D eigenvalue weighted by Crippen LogP contribution is 2.44. The molecule has 1 fully saturated rings. The van der Waals surface area contributed by atoms with Crippen LogP contribution in [-0.4, -0.2) is 70.8 Å². The van der Waals surface area contributed by atoms with Gasteiger partial charge in [-0.15, -0.1) is 11.8 Å². The first kappa shape index (κ1) is 30.0. The number of carbonyl (C=O) groups is 3. The highest BCUT2D eigenvalue weighted by molar-refractivity contribution is 8.00. The molecule has 224 valence electrons. The summed E-state index contributed by atoms with van der Waals surface area (Å²) in [6, 6.07) is 18.6. The number of hydrogen-bond donors (Lipinski definition) is 1. The molecule has 1 N–H and O–H groups in total. The Morgan fingerprint density at radius 2 is 1.71 bits per heavy atom. The first-order valence-corrected chi connectivity index (χ1v) is 15.0. The number of hydrogen-bond acceptors (Lipinski definition) is 7. The Labute approximate surface area is 246 Å². The summed E-state index contributed by atoms with van der Waals surface area (Å²) in [4.78, 5) is 47.1. The lowest BCUT2D eigenvalue weighted by molar-refractivity contribution is -0.235. The smallest absolute Gasteiger partial charge is 0.337 e. The molecule has 42 heavy (non-hydrogen) atoms. The standard InChI is InChI=1S/C30H33F3N4O4S/c31-30(32,33)28(40)41-37-25-16-18-35(26(38)19-34-17-8-11-21-9-3-1-4-10-21)20-24(25)27(39)36(22-12-5-2-6-13-22)29(37)42-23-14-7-15-23/h1-6,9-10,12-13,23,29,34H,7-8,11,14-20H2. The monoisotopic (exact) mass is 602 g/mol. The quantitative estimate of drug-likeness (QED) is 0.397. The second-order valence-corrected chi connectivity index (χ2v) is 11.8. The predicted molar refractivity (Wildman–Crippen MR) is 153 cm³/mol. The maximum absolute atomic E-state index is 14.0. The molecule has 2 amide bonds. The third kappa shape index (κ3) is 6.92. The average molecular weight is 603 g/mol. The third-order valence-electron chi connectivity index (χ3n) is 7.58. The summed E-state index contributed by atoms with van der Waals surface area (Å²) >= 11 is 1.31. The normalized spacial score (nSPS) is 19.5. The highest BCUT2D eigenvalue weighted by Gasteiger charge is 2.50. The van der Waals surface area contributed by atoms with Gasteiger partial charge in [-0.1, -0.05) is 55.0 Å². The first-order valence-electron chi connectivity index (χ1n) is 14.1. The molecular formula is C30H33F3N4O4S. The zero-order valence-electron chi connectivity index (χ0n) is 23.0. The number of anilines is 1. The molecule has 0 saturated heterocycles. The minimum Gasteiger partial charge on any atom is -0.337 e. The van der Waals surface area contributed by atoms with Crippen LogP contribution in [0.3, 0.4) is 0 Å². The zero-order chi connectivity index (χ0) is 29.7. The zero-order valence-corrected chi connectivity index (χ0v) is 23.8. The lowest BCUT2D eigenvalue weighted by Crippen LogP contribution is -2.59. The number of alkyl halides is 3. The number of carbonyl (C=O) groups excluding carboxylic acids is 3. The van der Waals surface area contributed by atoms with Crippen LogP contribution in [0.5, 0.6) is 0 Å². The van der Waals surface area contributed by atoms with Gasteiger partial charge in [-0.3, -0.25) is 14.5 Å².